The van der Waals surface area contributed by atoms with Crippen LogP contribution < -0.4 is 0 Å². The summed E-state index contributed by atoms with van der Waals surface area (Å²) in [6.07, 6.45) is 0. The van der Waals surface area contributed by atoms with Crippen LogP contribution in [0.2, 0.25) is 0 Å². The summed E-state index contributed by atoms with van der Waals surface area (Å²) in [5.74, 6) is 0. The Morgan fingerprint density at radius 3 is 2.38 bits per heavy atom. The molecule has 2 aromatic carbocycles. The van der Waals surface area contributed by atoms with Crippen molar-refractivity contribution in [1.82, 2.24) is 0 Å². The van der Waals surface area contributed by atoms with Crippen molar-refractivity contribution >= 4 is 15.9 Å². The highest BCUT2D eigenvalue weighted by Crippen LogP contribution is 2.21. The van der Waals surface area contributed by atoms with E-state index in [0.29, 0.717) is 0 Å². The summed E-state index contributed by atoms with van der Waals surface area (Å²) in [7, 11) is 0. The quantitative estimate of drug-likeness (QED) is 0.699. The van der Waals surface area contributed by atoms with Crippen molar-refractivity contribution in [3.63, 3.8) is 0 Å². The second-order valence-electron chi connectivity index (χ2n) is 2.79. The summed E-state index contributed by atoms with van der Waals surface area (Å²) in [5, 5.41) is 0. The average Bonchev–Trinajstić information content (AvgIpc) is 2.19. The first kappa shape index (κ1) is 8.52. The van der Waals surface area contributed by atoms with E-state index in [2.05, 4.69) is 46.3 Å². The highest BCUT2D eigenvalue weighted by molar-refractivity contribution is 9.10. The summed E-state index contributed by atoms with van der Waals surface area (Å²) in [6, 6.07) is 19.4. The van der Waals surface area contributed by atoms with Gasteiger partial charge in [-0.15, -0.1) is 0 Å². The SMILES string of the molecule is Brc1[c]ccc(-c2ccccc2)c1. The molecule has 13 heavy (non-hydrogen) atoms. The number of hydrogen-bond donors (Lipinski definition) is 0. The molecular formula is C12H8Br. The fourth-order valence-electron chi connectivity index (χ4n) is 1.25. The van der Waals surface area contributed by atoms with Gasteiger partial charge in [0, 0.05) is 4.47 Å². The fraction of sp³-hybridized carbons (Fsp3) is 0. The Morgan fingerprint density at radius 1 is 0.923 bits per heavy atom. The summed E-state index contributed by atoms with van der Waals surface area (Å²) in [6.45, 7) is 0. The first-order valence-corrected chi connectivity index (χ1v) is 4.88. The van der Waals surface area contributed by atoms with Crippen LogP contribution in [0.25, 0.3) is 11.1 Å². The molecule has 1 heteroatoms. The van der Waals surface area contributed by atoms with Gasteiger partial charge in [0.05, 0.1) is 0 Å². The minimum atomic E-state index is 0.994. The molecule has 0 unspecified atom stereocenters. The van der Waals surface area contributed by atoms with E-state index in [1.54, 1.807) is 0 Å². The van der Waals surface area contributed by atoms with Crippen LogP contribution in [0.4, 0.5) is 0 Å². The molecule has 0 nitrogen and oxygen atoms in total. The van der Waals surface area contributed by atoms with E-state index in [1.165, 1.54) is 11.1 Å². The van der Waals surface area contributed by atoms with Crippen LogP contribution in [0.15, 0.2) is 53.0 Å². The summed E-state index contributed by atoms with van der Waals surface area (Å²) >= 11 is 3.40. The van der Waals surface area contributed by atoms with Gasteiger partial charge >= 0.3 is 0 Å². The molecule has 0 spiro atoms. The van der Waals surface area contributed by atoms with E-state index >= 15 is 0 Å². The molecule has 1 radical (unpaired) electrons. The summed E-state index contributed by atoms with van der Waals surface area (Å²) < 4.78 is 0.994. The lowest BCUT2D eigenvalue weighted by Crippen LogP contribution is -1.75. The maximum absolute atomic E-state index is 3.40. The number of hydrogen-bond acceptors (Lipinski definition) is 0. The van der Waals surface area contributed by atoms with Gasteiger partial charge in [-0.2, -0.15) is 0 Å². The fourth-order valence-corrected chi connectivity index (χ4v) is 1.63. The van der Waals surface area contributed by atoms with Crippen molar-refractivity contribution in [2.24, 2.45) is 0 Å². The van der Waals surface area contributed by atoms with E-state index in [0.717, 1.165) is 4.47 Å². The normalized spacial score (nSPS) is 9.92. The molecule has 0 atom stereocenters. The van der Waals surface area contributed by atoms with Crippen molar-refractivity contribution in [1.29, 1.82) is 0 Å². The molecule has 0 aliphatic carbocycles. The Balaban J connectivity index is 2.48. The van der Waals surface area contributed by atoms with Crippen molar-refractivity contribution in [3.05, 3.63) is 59.1 Å². The molecule has 2 rings (SSSR count). The molecule has 0 aliphatic heterocycles. The molecule has 0 saturated carbocycles. The van der Waals surface area contributed by atoms with E-state index in [1.807, 2.05) is 24.3 Å². The summed E-state index contributed by atoms with van der Waals surface area (Å²) in [5.41, 5.74) is 2.45. The lowest BCUT2D eigenvalue weighted by molar-refractivity contribution is 1.58. The van der Waals surface area contributed by atoms with Crippen molar-refractivity contribution < 1.29 is 0 Å². The number of benzene rings is 2. The zero-order valence-corrected chi connectivity index (χ0v) is 8.58. The van der Waals surface area contributed by atoms with Crippen molar-refractivity contribution in [2.75, 3.05) is 0 Å². The van der Waals surface area contributed by atoms with Crippen LogP contribution in [0.5, 0.6) is 0 Å². The highest BCUT2D eigenvalue weighted by atomic mass is 79.9. The van der Waals surface area contributed by atoms with Crippen LogP contribution in [-0.2, 0) is 0 Å². The Bertz CT molecular complexity index is 393. The molecule has 0 N–H and O–H groups in total. The van der Waals surface area contributed by atoms with E-state index in [-0.39, 0.29) is 0 Å². The third kappa shape index (κ3) is 1.99. The molecule has 63 valence electrons. The zero-order chi connectivity index (χ0) is 9.10. The topological polar surface area (TPSA) is 0 Å². The summed E-state index contributed by atoms with van der Waals surface area (Å²) in [4.78, 5) is 0. The smallest absolute Gasteiger partial charge is 0.0260 e. The molecule has 0 amide bonds. The van der Waals surface area contributed by atoms with Crippen LogP contribution in [0.1, 0.15) is 0 Å². The van der Waals surface area contributed by atoms with Crippen LogP contribution in [-0.4, -0.2) is 0 Å². The second-order valence-corrected chi connectivity index (χ2v) is 3.65. The van der Waals surface area contributed by atoms with Crippen molar-refractivity contribution in [2.45, 2.75) is 0 Å². The second kappa shape index (κ2) is 3.75. The molecule has 0 aromatic heterocycles. The van der Waals surface area contributed by atoms with Gasteiger partial charge in [0.1, 0.15) is 0 Å². The third-order valence-electron chi connectivity index (χ3n) is 1.87. The number of rotatable bonds is 1. The molecule has 0 bridgehead atoms. The van der Waals surface area contributed by atoms with Crippen LogP contribution in [0, 0.1) is 6.07 Å². The Labute approximate surface area is 86.4 Å². The maximum atomic E-state index is 3.40. The van der Waals surface area contributed by atoms with Gasteiger partial charge in [-0.05, 0) is 23.3 Å². The van der Waals surface area contributed by atoms with Gasteiger partial charge in [0.25, 0.3) is 0 Å². The molecular weight excluding hydrogens is 224 g/mol. The van der Waals surface area contributed by atoms with Gasteiger partial charge in [-0.3, -0.25) is 0 Å². The Kier molecular flexibility index (Phi) is 2.46. The predicted octanol–water partition coefficient (Wildman–Crippen LogP) is 3.92. The van der Waals surface area contributed by atoms with Gasteiger partial charge in [0.2, 0.25) is 0 Å². The molecule has 0 saturated heterocycles. The highest BCUT2D eigenvalue weighted by Gasteiger charge is 1.95. The first-order valence-electron chi connectivity index (χ1n) is 4.09. The first-order chi connectivity index (χ1) is 6.36. The number of halogens is 1. The monoisotopic (exact) mass is 231 g/mol. The minimum Gasteiger partial charge on any atom is -0.0622 e. The molecule has 0 heterocycles. The molecule has 0 fully saturated rings. The van der Waals surface area contributed by atoms with Crippen molar-refractivity contribution in [3.8, 4) is 11.1 Å². The predicted molar refractivity (Wildman–Crippen MR) is 58.4 cm³/mol. The average molecular weight is 232 g/mol. The largest absolute Gasteiger partial charge is 0.0622 e. The van der Waals surface area contributed by atoms with Gasteiger partial charge < -0.3 is 0 Å². The van der Waals surface area contributed by atoms with E-state index < -0.39 is 0 Å². The Morgan fingerprint density at radius 2 is 1.69 bits per heavy atom. The van der Waals surface area contributed by atoms with Gasteiger partial charge in [-0.1, -0.05) is 58.4 Å². The molecule has 0 aliphatic rings. The standard InChI is InChI=1S/C12H8Br/c13-12-8-4-7-11(9-12)10-5-2-1-3-6-10/h1-7,9H. The lowest BCUT2D eigenvalue weighted by atomic mass is 10.1. The van der Waals surface area contributed by atoms with E-state index in [4.69, 9.17) is 0 Å². The third-order valence-corrected chi connectivity index (χ3v) is 2.33. The van der Waals surface area contributed by atoms with Gasteiger partial charge in [0.15, 0.2) is 0 Å². The zero-order valence-electron chi connectivity index (χ0n) is 7.00. The van der Waals surface area contributed by atoms with Crippen LogP contribution in [0.3, 0.4) is 0 Å². The van der Waals surface area contributed by atoms with Gasteiger partial charge in [-0.25, -0.2) is 0 Å². The lowest BCUT2D eigenvalue weighted by Gasteiger charge is -2.00. The van der Waals surface area contributed by atoms with E-state index in [9.17, 15) is 0 Å². The van der Waals surface area contributed by atoms with Crippen LogP contribution >= 0.6 is 15.9 Å². The molecule has 2 aromatic rings. The maximum Gasteiger partial charge on any atom is 0.0260 e. The Hall–Kier alpha value is -1.08. The minimum absolute atomic E-state index is 0.994.